The van der Waals surface area contributed by atoms with Gasteiger partial charge in [0.1, 0.15) is 0 Å². The van der Waals surface area contributed by atoms with Gasteiger partial charge in [0.15, 0.2) is 0 Å². The molecule has 0 aliphatic carbocycles. The Kier molecular flexibility index (Phi) is 3.96. The summed E-state index contributed by atoms with van der Waals surface area (Å²) in [5.41, 5.74) is 4.29. The smallest absolute Gasteiger partial charge is 0.0830 e. The van der Waals surface area contributed by atoms with Gasteiger partial charge >= 0.3 is 0 Å². The zero-order chi connectivity index (χ0) is 12.1. The average molecular weight is 266 g/mol. The molecule has 0 fully saturated rings. The van der Waals surface area contributed by atoms with E-state index in [1.54, 1.807) is 30.6 Å². The minimum atomic E-state index is 0.524. The van der Waals surface area contributed by atoms with Gasteiger partial charge in [-0.2, -0.15) is 5.10 Å². The molecule has 0 atom stereocenters. The van der Waals surface area contributed by atoms with Gasteiger partial charge in [0, 0.05) is 11.2 Å². The minimum Gasteiger partial charge on any atom is -0.277 e. The number of anilines is 1. The normalized spacial score (nSPS) is 10.7. The number of halogens is 2. The quantitative estimate of drug-likeness (QED) is 0.677. The molecular weight excluding hydrogens is 257 g/mol. The van der Waals surface area contributed by atoms with Gasteiger partial charge in [0.25, 0.3) is 0 Å². The molecule has 3 nitrogen and oxygen atoms in total. The van der Waals surface area contributed by atoms with Crippen molar-refractivity contribution < 1.29 is 0 Å². The molecule has 0 aliphatic heterocycles. The molecule has 86 valence electrons. The van der Waals surface area contributed by atoms with Crippen LogP contribution in [0, 0.1) is 0 Å². The Bertz CT molecular complexity index is 527. The van der Waals surface area contributed by atoms with E-state index in [4.69, 9.17) is 23.2 Å². The molecule has 0 spiro atoms. The summed E-state index contributed by atoms with van der Waals surface area (Å²) in [5, 5.41) is 5.15. The lowest BCUT2D eigenvalue weighted by atomic mass is 10.3. The predicted octanol–water partition coefficient (Wildman–Crippen LogP) is 3.83. The number of hydrogen-bond donors (Lipinski definition) is 1. The van der Waals surface area contributed by atoms with Crippen molar-refractivity contribution in [1.82, 2.24) is 4.98 Å². The number of hydrogen-bond acceptors (Lipinski definition) is 3. The minimum absolute atomic E-state index is 0.524. The Morgan fingerprint density at radius 1 is 1.18 bits per heavy atom. The molecular formula is C12H9Cl2N3. The standard InChI is InChI=1S/C12H9Cl2N3/c13-9-4-5-12(11(14)7-9)17-16-8-10-3-1-2-6-15-10/h1-8,17H. The van der Waals surface area contributed by atoms with E-state index in [9.17, 15) is 0 Å². The molecule has 17 heavy (non-hydrogen) atoms. The first kappa shape index (κ1) is 11.9. The maximum absolute atomic E-state index is 5.97. The van der Waals surface area contributed by atoms with Gasteiger partial charge in [-0.3, -0.25) is 10.4 Å². The number of hydrazone groups is 1. The van der Waals surface area contributed by atoms with E-state index in [0.717, 1.165) is 5.69 Å². The average Bonchev–Trinajstić information content (AvgIpc) is 2.33. The summed E-state index contributed by atoms with van der Waals surface area (Å²) in [4.78, 5) is 4.10. The number of nitrogens with zero attached hydrogens (tertiary/aromatic N) is 2. The van der Waals surface area contributed by atoms with Gasteiger partial charge in [-0.25, -0.2) is 0 Å². The van der Waals surface area contributed by atoms with Gasteiger partial charge in [-0.1, -0.05) is 29.3 Å². The first-order valence-corrected chi connectivity index (χ1v) is 5.66. The van der Waals surface area contributed by atoms with Gasteiger partial charge in [-0.15, -0.1) is 0 Å². The Morgan fingerprint density at radius 2 is 2.06 bits per heavy atom. The Morgan fingerprint density at radius 3 is 2.76 bits per heavy atom. The molecule has 0 saturated carbocycles. The lowest BCUT2D eigenvalue weighted by Crippen LogP contribution is -1.92. The van der Waals surface area contributed by atoms with Crippen LogP contribution in [0.4, 0.5) is 5.69 Å². The second kappa shape index (κ2) is 5.66. The van der Waals surface area contributed by atoms with Crippen molar-refractivity contribution in [1.29, 1.82) is 0 Å². The molecule has 0 aliphatic rings. The molecule has 0 bridgehead atoms. The second-order valence-corrected chi connectivity index (χ2v) is 4.09. The zero-order valence-electron chi connectivity index (χ0n) is 8.77. The number of rotatable bonds is 3. The number of nitrogens with one attached hydrogen (secondary N) is 1. The highest BCUT2D eigenvalue weighted by Gasteiger charge is 1.98. The summed E-state index contributed by atoms with van der Waals surface area (Å²) in [6.45, 7) is 0. The highest BCUT2D eigenvalue weighted by Crippen LogP contribution is 2.25. The van der Waals surface area contributed by atoms with E-state index >= 15 is 0 Å². The van der Waals surface area contributed by atoms with Crippen molar-refractivity contribution in [3.05, 3.63) is 58.3 Å². The Labute approximate surface area is 109 Å². The van der Waals surface area contributed by atoms with Crippen molar-refractivity contribution in [3.8, 4) is 0 Å². The molecule has 5 heteroatoms. The third-order valence-corrected chi connectivity index (χ3v) is 2.55. The first-order chi connectivity index (χ1) is 8.25. The monoisotopic (exact) mass is 265 g/mol. The topological polar surface area (TPSA) is 37.3 Å². The number of aromatic nitrogens is 1. The Balaban J connectivity index is 2.05. The van der Waals surface area contributed by atoms with Crippen molar-refractivity contribution in [2.24, 2.45) is 5.10 Å². The van der Waals surface area contributed by atoms with Crippen LogP contribution >= 0.6 is 23.2 Å². The molecule has 0 unspecified atom stereocenters. The van der Waals surface area contributed by atoms with Gasteiger partial charge in [-0.05, 0) is 30.3 Å². The summed E-state index contributed by atoms with van der Waals surface area (Å²) in [7, 11) is 0. The molecule has 0 saturated heterocycles. The van der Waals surface area contributed by atoms with Crippen LogP contribution in [0.5, 0.6) is 0 Å². The lowest BCUT2D eigenvalue weighted by molar-refractivity contribution is 1.28. The molecule has 0 amide bonds. The van der Waals surface area contributed by atoms with Gasteiger partial charge in [0.05, 0.1) is 22.6 Å². The van der Waals surface area contributed by atoms with E-state index in [1.165, 1.54) is 0 Å². The van der Waals surface area contributed by atoms with Crippen molar-refractivity contribution in [3.63, 3.8) is 0 Å². The van der Waals surface area contributed by atoms with Crippen LogP contribution in [0.15, 0.2) is 47.7 Å². The van der Waals surface area contributed by atoms with Crippen LogP contribution < -0.4 is 5.43 Å². The highest BCUT2D eigenvalue weighted by atomic mass is 35.5. The maximum Gasteiger partial charge on any atom is 0.0830 e. The van der Waals surface area contributed by atoms with E-state index in [1.807, 2.05) is 18.2 Å². The van der Waals surface area contributed by atoms with Gasteiger partial charge < -0.3 is 0 Å². The van der Waals surface area contributed by atoms with E-state index in [-0.39, 0.29) is 0 Å². The van der Waals surface area contributed by atoms with Crippen molar-refractivity contribution in [2.45, 2.75) is 0 Å². The van der Waals surface area contributed by atoms with E-state index in [2.05, 4.69) is 15.5 Å². The molecule has 0 radical (unpaired) electrons. The summed E-state index contributed by atoms with van der Waals surface area (Å²) in [6.07, 6.45) is 3.32. The van der Waals surface area contributed by atoms with Crippen LogP contribution in [-0.4, -0.2) is 11.2 Å². The summed E-state index contributed by atoms with van der Waals surface area (Å²) in [6, 6.07) is 10.8. The summed E-state index contributed by atoms with van der Waals surface area (Å²) >= 11 is 11.8. The third kappa shape index (κ3) is 3.44. The molecule has 2 rings (SSSR count). The van der Waals surface area contributed by atoms with Crippen LogP contribution in [0.1, 0.15) is 5.69 Å². The SMILES string of the molecule is Clc1ccc(NN=Cc2ccccn2)c(Cl)c1. The zero-order valence-corrected chi connectivity index (χ0v) is 10.3. The molecule has 1 aromatic carbocycles. The number of benzene rings is 1. The van der Waals surface area contributed by atoms with Crippen LogP contribution in [-0.2, 0) is 0 Å². The number of pyridine rings is 1. The summed E-state index contributed by atoms with van der Waals surface area (Å²) in [5.74, 6) is 0. The van der Waals surface area contributed by atoms with Crippen LogP contribution in [0.25, 0.3) is 0 Å². The first-order valence-electron chi connectivity index (χ1n) is 4.91. The molecule has 2 aromatic rings. The molecule has 1 aromatic heterocycles. The van der Waals surface area contributed by atoms with Crippen molar-refractivity contribution >= 4 is 35.1 Å². The van der Waals surface area contributed by atoms with Crippen molar-refractivity contribution in [2.75, 3.05) is 5.43 Å². The molecule has 1 N–H and O–H groups in total. The predicted molar refractivity (Wildman–Crippen MR) is 71.9 cm³/mol. The second-order valence-electron chi connectivity index (χ2n) is 3.25. The Hall–Kier alpha value is -1.58. The fourth-order valence-corrected chi connectivity index (χ4v) is 1.65. The largest absolute Gasteiger partial charge is 0.277 e. The fraction of sp³-hybridized carbons (Fsp3) is 0. The maximum atomic E-state index is 5.97. The molecule has 1 heterocycles. The van der Waals surface area contributed by atoms with Gasteiger partial charge in [0.2, 0.25) is 0 Å². The third-order valence-electron chi connectivity index (χ3n) is 2.00. The summed E-state index contributed by atoms with van der Waals surface area (Å²) < 4.78 is 0. The van der Waals surface area contributed by atoms with Crippen LogP contribution in [0.2, 0.25) is 10.0 Å². The lowest BCUT2D eigenvalue weighted by Gasteiger charge is -2.02. The fourth-order valence-electron chi connectivity index (χ4n) is 1.20. The van der Waals surface area contributed by atoms with Crippen LogP contribution in [0.3, 0.4) is 0 Å². The van der Waals surface area contributed by atoms with E-state index in [0.29, 0.717) is 15.7 Å². The highest BCUT2D eigenvalue weighted by molar-refractivity contribution is 6.36. The van der Waals surface area contributed by atoms with E-state index < -0.39 is 0 Å².